The molecule has 6 rings (SSSR count). The molecule has 2 saturated carbocycles. The van der Waals surface area contributed by atoms with Crippen molar-refractivity contribution in [3.63, 3.8) is 0 Å². The van der Waals surface area contributed by atoms with Crippen molar-refractivity contribution in [2.24, 2.45) is 17.3 Å². The van der Waals surface area contributed by atoms with Crippen LogP contribution in [0, 0.1) is 17.3 Å². The number of hydrogen-bond donors (Lipinski definition) is 0. The second-order valence-electron chi connectivity index (χ2n) is 10.9. The topological polar surface area (TPSA) is 43.4 Å². The zero-order valence-corrected chi connectivity index (χ0v) is 19.5. The highest BCUT2D eigenvalue weighted by Gasteiger charge is 2.65. The number of carbonyl (C=O) groups excluding carboxylic acids is 2. The van der Waals surface area contributed by atoms with Crippen LogP contribution in [0.5, 0.6) is 0 Å². The summed E-state index contributed by atoms with van der Waals surface area (Å²) in [4.78, 5) is 24.2. The van der Waals surface area contributed by atoms with Crippen LogP contribution in [-0.2, 0) is 9.53 Å². The Kier molecular flexibility index (Phi) is 3.84. The van der Waals surface area contributed by atoms with Crippen LogP contribution in [0.3, 0.4) is 0 Å². The molecule has 0 aromatic heterocycles. The van der Waals surface area contributed by atoms with E-state index in [1.165, 1.54) is 16.7 Å². The molecule has 0 bridgehead atoms. The van der Waals surface area contributed by atoms with Crippen molar-refractivity contribution in [3.8, 4) is 0 Å². The van der Waals surface area contributed by atoms with Gasteiger partial charge in [0.15, 0.2) is 11.6 Å². The third kappa shape index (κ3) is 2.91. The van der Waals surface area contributed by atoms with Crippen molar-refractivity contribution in [1.82, 2.24) is 0 Å². The smallest absolute Gasteiger partial charge is 0.159 e. The molecule has 1 aromatic carbocycles. The van der Waals surface area contributed by atoms with Gasteiger partial charge in [0.25, 0.3) is 0 Å². The molecule has 33 heavy (non-hydrogen) atoms. The molecule has 1 aliphatic heterocycles. The van der Waals surface area contributed by atoms with Crippen molar-refractivity contribution in [3.05, 3.63) is 70.3 Å². The molecule has 4 aliphatic carbocycles. The Morgan fingerprint density at radius 1 is 1.21 bits per heavy atom. The Balaban J connectivity index is 1.54. The van der Waals surface area contributed by atoms with Crippen LogP contribution in [0.2, 0.25) is 0 Å². The molecule has 3 nitrogen and oxygen atoms in total. The number of ketones is 2. The molecule has 0 N–H and O–H groups in total. The zero-order valence-electron chi connectivity index (χ0n) is 23.5. The van der Waals surface area contributed by atoms with Crippen LogP contribution in [-0.4, -0.2) is 23.8 Å². The van der Waals surface area contributed by atoms with Gasteiger partial charge in [0.05, 0.1) is 14.9 Å². The fraction of sp³-hybridized carbons (Fsp3) is 0.533. The number of benzene rings is 1. The summed E-state index contributed by atoms with van der Waals surface area (Å²) in [5.74, 6) is 0.818. The number of carbonyl (C=O) groups is 2. The minimum Gasteiger partial charge on any atom is -0.370 e. The average molecular weight is 448 g/mol. The monoisotopic (exact) mass is 447 g/mol. The molecule has 0 amide bonds. The van der Waals surface area contributed by atoms with Crippen LogP contribution in [0.15, 0.2) is 59.2 Å². The first kappa shape index (κ1) is 17.2. The van der Waals surface area contributed by atoms with E-state index in [1.807, 2.05) is 18.2 Å². The lowest BCUT2D eigenvalue weighted by Crippen LogP contribution is -2.52. The van der Waals surface area contributed by atoms with E-state index in [0.29, 0.717) is 18.4 Å². The van der Waals surface area contributed by atoms with E-state index in [2.05, 4.69) is 19.1 Å². The largest absolute Gasteiger partial charge is 0.370 e. The summed E-state index contributed by atoms with van der Waals surface area (Å²) < 4.78 is 40.2. The van der Waals surface area contributed by atoms with Gasteiger partial charge in [-0.3, -0.25) is 9.59 Å². The van der Waals surface area contributed by atoms with Crippen molar-refractivity contribution >= 4 is 11.6 Å². The highest BCUT2D eigenvalue weighted by Crippen LogP contribution is 2.70. The third-order valence-electron chi connectivity index (χ3n) is 9.55. The summed E-state index contributed by atoms with van der Waals surface area (Å²) in [5.41, 5.74) is 4.55. The van der Waals surface area contributed by atoms with Crippen LogP contribution in [0.4, 0.5) is 0 Å². The van der Waals surface area contributed by atoms with E-state index in [0.717, 1.165) is 37.7 Å². The summed E-state index contributed by atoms with van der Waals surface area (Å²) in [5, 5.41) is 0. The summed E-state index contributed by atoms with van der Waals surface area (Å²) in [6.07, 6.45) is 5.37. The number of Topliss-reactive ketones (excluding diaryl/α,β-unsaturated/α-hetero) is 1. The normalized spacial score (nSPS) is 40.8. The van der Waals surface area contributed by atoms with Gasteiger partial charge >= 0.3 is 0 Å². The lowest BCUT2D eigenvalue weighted by Gasteiger charge is -2.55. The molecule has 172 valence electrons. The molecule has 1 spiro atoms. The zero-order chi connectivity index (χ0) is 26.3. The minimum absolute atomic E-state index is 0.0281. The average Bonchev–Trinajstić information content (AvgIpc) is 3.30. The Labute approximate surface area is 202 Å². The van der Waals surface area contributed by atoms with Gasteiger partial charge in [-0.15, -0.1) is 0 Å². The molecular formula is C30H34O3. The van der Waals surface area contributed by atoms with Gasteiger partial charge in [-0.05, 0) is 92.0 Å². The first-order valence-electron chi connectivity index (χ1n) is 14.4. The predicted octanol–water partition coefficient (Wildman–Crippen LogP) is 6.50. The molecular weight excluding hydrogens is 409 g/mol. The summed E-state index contributed by atoms with van der Waals surface area (Å²) in [6, 6.07) is 7.88. The van der Waals surface area contributed by atoms with Gasteiger partial charge in [0.1, 0.15) is 0 Å². The molecule has 3 heteroatoms. The summed E-state index contributed by atoms with van der Waals surface area (Å²) >= 11 is 0. The van der Waals surface area contributed by atoms with E-state index < -0.39 is 23.9 Å². The Bertz CT molecular complexity index is 1290. The number of allylic oxidation sites excluding steroid dienone is 4. The van der Waals surface area contributed by atoms with Crippen molar-refractivity contribution in [2.75, 3.05) is 6.61 Å². The minimum atomic E-state index is -1.82. The summed E-state index contributed by atoms with van der Waals surface area (Å²) in [7, 11) is 0. The maximum atomic E-state index is 12.3. The number of ether oxygens (including phenoxy) is 1. The van der Waals surface area contributed by atoms with Crippen LogP contribution in [0.1, 0.15) is 92.5 Å². The van der Waals surface area contributed by atoms with Gasteiger partial charge in [-0.1, -0.05) is 43.3 Å². The second-order valence-corrected chi connectivity index (χ2v) is 10.9. The van der Waals surface area contributed by atoms with E-state index in [-0.39, 0.29) is 41.5 Å². The van der Waals surface area contributed by atoms with Crippen molar-refractivity contribution in [1.29, 1.82) is 0 Å². The van der Waals surface area contributed by atoms with Crippen molar-refractivity contribution in [2.45, 2.75) is 76.7 Å². The molecule has 1 saturated heterocycles. The molecule has 1 aromatic rings. The van der Waals surface area contributed by atoms with Gasteiger partial charge in [-0.2, -0.15) is 0 Å². The first-order chi connectivity index (χ1) is 17.5. The standard InChI is InChI=1S/C30H34O3/c1-18-13-15-33-30(18)14-12-27-25-10-8-22-16-23(32)9-11-24(22)28(25)26(17-29(27,30)3)21-6-4-20(5-7-21)19(2)31/h4-7,16,25-27H,1,8-15,17H2,2-3H3/t25-,26+,27-,29-,30-/m0/s1/i1+1D2,13D2. The molecule has 3 fully saturated rings. The van der Waals surface area contributed by atoms with E-state index >= 15 is 0 Å². The Hall–Kier alpha value is -2.26. The van der Waals surface area contributed by atoms with Gasteiger partial charge < -0.3 is 4.74 Å². The fourth-order valence-corrected chi connectivity index (χ4v) is 7.99. The molecule has 5 atom stereocenters. The van der Waals surface area contributed by atoms with Crippen LogP contribution in [0.25, 0.3) is 0 Å². The first-order valence-corrected chi connectivity index (χ1v) is 12.4. The molecule has 0 unspecified atom stereocenters. The van der Waals surface area contributed by atoms with Gasteiger partial charge in [0, 0.05) is 26.1 Å². The Morgan fingerprint density at radius 3 is 2.79 bits per heavy atom. The Morgan fingerprint density at radius 2 is 2.03 bits per heavy atom. The molecule has 1 heterocycles. The van der Waals surface area contributed by atoms with E-state index in [4.69, 9.17) is 10.2 Å². The van der Waals surface area contributed by atoms with Gasteiger partial charge in [-0.25, -0.2) is 0 Å². The number of rotatable bonds is 2. The second kappa shape index (κ2) is 7.37. The molecule has 0 radical (unpaired) electrons. The lowest BCUT2D eigenvalue weighted by molar-refractivity contribution is -0.114. The fourth-order valence-electron chi connectivity index (χ4n) is 7.99. The van der Waals surface area contributed by atoms with Gasteiger partial charge in [0.2, 0.25) is 0 Å². The highest BCUT2D eigenvalue weighted by atomic mass is 16.5. The quantitative estimate of drug-likeness (QED) is 0.295. The van der Waals surface area contributed by atoms with Crippen LogP contribution >= 0.6 is 0 Å². The van der Waals surface area contributed by atoms with E-state index in [9.17, 15) is 9.59 Å². The third-order valence-corrected chi connectivity index (χ3v) is 9.55. The maximum absolute atomic E-state index is 12.3. The lowest BCUT2D eigenvalue weighted by atomic mass is 9.50. The number of hydrogen-bond acceptors (Lipinski definition) is 3. The van der Waals surface area contributed by atoms with Crippen LogP contribution < -0.4 is 0 Å². The number of fused-ring (bicyclic) bond motifs is 5. The highest BCUT2D eigenvalue weighted by molar-refractivity contribution is 5.94. The van der Waals surface area contributed by atoms with Crippen molar-refractivity contribution < 1.29 is 19.8 Å². The SMILES string of the molecule is [2H][13C]([2H])=C1C([2H])([2H])CO[C@@]12CC[C@H]1[C@@H]3CCC4=CC(=O)CCC4=C3[C@@H](c3ccc(C(C)=O)cc3)C[C@@]12C. The summed E-state index contributed by atoms with van der Waals surface area (Å²) in [6.45, 7) is 3.22. The predicted molar refractivity (Wildman–Crippen MR) is 129 cm³/mol. The molecule has 5 aliphatic rings. The maximum Gasteiger partial charge on any atom is 0.159 e. The van der Waals surface area contributed by atoms with E-state index in [1.54, 1.807) is 6.92 Å².